The standard InChI is InChI=1S/C12H15IN4O/c1-4-17-10(5-8(2)15-17)6-16-7-14-9(3)11(13)12(16)18/h5,7H,4,6H2,1-3H3. The minimum absolute atomic E-state index is 0.00426. The summed E-state index contributed by atoms with van der Waals surface area (Å²) in [6.45, 7) is 7.14. The number of hydrogen-bond donors (Lipinski definition) is 0. The molecule has 0 N–H and O–H groups in total. The van der Waals surface area contributed by atoms with Gasteiger partial charge in [0.2, 0.25) is 0 Å². The summed E-state index contributed by atoms with van der Waals surface area (Å²) < 4.78 is 4.21. The second-order valence-electron chi connectivity index (χ2n) is 4.17. The van der Waals surface area contributed by atoms with Crippen LogP contribution in [0.1, 0.15) is 24.0 Å². The van der Waals surface area contributed by atoms with Crippen molar-refractivity contribution in [2.24, 2.45) is 0 Å². The minimum Gasteiger partial charge on any atom is -0.292 e. The van der Waals surface area contributed by atoms with Gasteiger partial charge in [-0.15, -0.1) is 0 Å². The minimum atomic E-state index is 0.00426. The lowest BCUT2D eigenvalue weighted by molar-refractivity contribution is 0.586. The molecule has 0 unspecified atom stereocenters. The number of aromatic nitrogens is 4. The summed E-state index contributed by atoms with van der Waals surface area (Å²) in [4.78, 5) is 16.3. The van der Waals surface area contributed by atoms with E-state index >= 15 is 0 Å². The van der Waals surface area contributed by atoms with Crippen LogP contribution in [-0.4, -0.2) is 19.3 Å². The molecule has 2 rings (SSSR count). The first kappa shape index (κ1) is 13.3. The number of rotatable bonds is 3. The number of halogens is 1. The molecule has 0 aromatic carbocycles. The topological polar surface area (TPSA) is 52.7 Å². The summed E-state index contributed by atoms with van der Waals surface area (Å²) in [5, 5.41) is 4.37. The molecule has 0 aliphatic carbocycles. The molecule has 0 atom stereocenters. The molecule has 5 nitrogen and oxygen atoms in total. The quantitative estimate of drug-likeness (QED) is 0.786. The van der Waals surface area contributed by atoms with E-state index in [4.69, 9.17) is 0 Å². The van der Waals surface area contributed by atoms with E-state index in [2.05, 4.69) is 10.1 Å². The van der Waals surface area contributed by atoms with Gasteiger partial charge >= 0.3 is 0 Å². The monoisotopic (exact) mass is 358 g/mol. The molecule has 6 heteroatoms. The Balaban J connectivity index is 2.40. The molecule has 18 heavy (non-hydrogen) atoms. The summed E-state index contributed by atoms with van der Waals surface area (Å²) in [7, 11) is 0. The zero-order valence-electron chi connectivity index (χ0n) is 10.6. The molecule has 0 amide bonds. The van der Waals surface area contributed by atoms with Gasteiger partial charge in [0.25, 0.3) is 5.56 Å². The maximum Gasteiger partial charge on any atom is 0.267 e. The highest BCUT2D eigenvalue weighted by molar-refractivity contribution is 14.1. The van der Waals surface area contributed by atoms with Crippen molar-refractivity contribution in [2.75, 3.05) is 0 Å². The second-order valence-corrected chi connectivity index (χ2v) is 5.25. The van der Waals surface area contributed by atoms with Gasteiger partial charge < -0.3 is 0 Å². The van der Waals surface area contributed by atoms with E-state index in [9.17, 15) is 4.79 Å². The maximum atomic E-state index is 12.1. The van der Waals surface area contributed by atoms with Crippen molar-refractivity contribution in [3.63, 3.8) is 0 Å². The smallest absolute Gasteiger partial charge is 0.267 e. The average molecular weight is 358 g/mol. The van der Waals surface area contributed by atoms with E-state index in [1.165, 1.54) is 0 Å². The lowest BCUT2D eigenvalue weighted by Gasteiger charge is -2.08. The Hall–Kier alpha value is -1.18. The SMILES string of the molecule is CCn1nc(C)cc1Cn1cnc(C)c(I)c1=O. The van der Waals surface area contributed by atoms with E-state index in [0.29, 0.717) is 10.1 Å². The molecule has 0 spiro atoms. The van der Waals surface area contributed by atoms with Gasteiger partial charge in [0.15, 0.2) is 0 Å². The molecule has 96 valence electrons. The molecule has 0 bridgehead atoms. The molecular formula is C12H15IN4O. The number of hydrogen-bond acceptors (Lipinski definition) is 3. The van der Waals surface area contributed by atoms with Crippen LogP contribution in [0.4, 0.5) is 0 Å². The molecule has 2 aromatic heterocycles. The maximum absolute atomic E-state index is 12.1. The van der Waals surface area contributed by atoms with Gasteiger partial charge in [0, 0.05) is 6.54 Å². The third kappa shape index (κ3) is 2.47. The molecule has 0 saturated heterocycles. The summed E-state index contributed by atoms with van der Waals surface area (Å²) in [6, 6.07) is 2.00. The van der Waals surface area contributed by atoms with Crippen molar-refractivity contribution in [2.45, 2.75) is 33.9 Å². The van der Waals surface area contributed by atoms with Crippen LogP contribution in [0.25, 0.3) is 0 Å². The Kier molecular flexibility index (Phi) is 3.84. The summed E-state index contributed by atoms with van der Waals surface area (Å²) in [5.74, 6) is 0. The fraction of sp³-hybridized carbons (Fsp3) is 0.417. The summed E-state index contributed by atoms with van der Waals surface area (Å²) in [5.41, 5.74) is 2.77. The van der Waals surface area contributed by atoms with Crippen LogP contribution in [0.5, 0.6) is 0 Å². The van der Waals surface area contributed by atoms with E-state index < -0.39 is 0 Å². The highest BCUT2D eigenvalue weighted by Gasteiger charge is 2.09. The lowest BCUT2D eigenvalue weighted by Crippen LogP contribution is -2.25. The molecular weight excluding hydrogens is 343 g/mol. The largest absolute Gasteiger partial charge is 0.292 e. The summed E-state index contributed by atoms with van der Waals surface area (Å²) in [6.07, 6.45) is 1.60. The zero-order chi connectivity index (χ0) is 13.3. The normalized spacial score (nSPS) is 10.9. The molecule has 0 aliphatic rings. The Morgan fingerprint density at radius 2 is 2.11 bits per heavy atom. The third-order valence-corrected chi connectivity index (χ3v) is 4.02. The zero-order valence-corrected chi connectivity index (χ0v) is 12.8. The Morgan fingerprint density at radius 1 is 1.39 bits per heavy atom. The number of aryl methyl sites for hydroxylation is 3. The van der Waals surface area contributed by atoms with Crippen LogP contribution in [-0.2, 0) is 13.1 Å². The number of nitrogens with zero attached hydrogens (tertiary/aromatic N) is 4. The molecule has 0 saturated carbocycles. The van der Waals surface area contributed by atoms with Crippen molar-refractivity contribution in [1.29, 1.82) is 0 Å². The van der Waals surface area contributed by atoms with Crippen molar-refractivity contribution in [3.8, 4) is 0 Å². The van der Waals surface area contributed by atoms with Crippen molar-refractivity contribution in [1.82, 2.24) is 19.3 Å². The molecule has 0 fully saturated rings. The van der Waals surface area contributed by atoms with Gasteiger partial charge in [-0.05, 0) is 49.4 Å². The average Bonchev–Trinajstić information content (AvgIpc) is 2.70. The second kappa shape index (κ2) is 5.21. The molecule has 2 aromatic rings. The first-order valence-electron chi connectivity index (χ1n) is 5.77. The van der Waals surface area contributed by atoms with Crippen molar-refractivity contribution < 1.29 is 0 Å². The van der Waals surface area contributed by atoms with Crippen molar-refractivity contribution in [3.05, 3.63) is 43.4 Å². The molecule has 2 heterocycles. The van der Waals surface area contributed by atoms with Crippen LogP contribution in [0, 0.1) is 17.4 Å². The summed E-state index contributed by atoms with van der Waals surface area (Å²) >= 11 is 2.04. The van der Waals surface area contributed by atoms with Crippen LogP contribution in [0.3, 0.4) is 0 Å². The fourth-order valence-electron chi connectivity index (χ4n) is 1.83. The van der Waals surface area contributed by atoms with E-state index in [1.54, 1.807) is 10.9 Å². The van der Waals surface area contributed by atoms with Crippen LogP contribution in [0.15, 0.2) is 17.2 Å². The van der Waals surface area contributed by atoms with Crippen molar-refractivity contribution >= 4 is 22.6 Å². The third-order valence-electron chi connectivity index (χ3n) is 2.77. The predicted octanol–water partition coefficient (Wildman–Crippen LogP) is 1.73. The van der Waals surface area contributed by atoms with Crippen LogP contribution in [0.2, 0.25) is 0 Å². The van der Waals surface area contributed by atoms with Crippen LogP contribution >= 0.6 is 22.6 Å². The Bertz CT molecular complexity index is 629. The van der Waals surface area contributed by atoms with E-state index in [0.717, 1.165) is 23.6 Å². The van der Waals surface area contributed by atoms with Gasteiger partial charge in [-0.1, -0.05) is 0 Å². The Labute approximate surface area is 119 Å². The molecule has 0 aliphatic heterocycles. The highest BCUT2D eigenvalue weighted by atomic mass is 127. The lowest BCUT2D eigenvalue weighted by atomic mass is 10.3. The Morgan fingerprint density at radius 3 is 2.78 bits per heavy atom. The van der Waals surface area contributed by atoms with Gasteiger partial charge in [-0.25, -0.2) is 4.98 Å². The van der Waals surface area contributed by atoms with E-state index in [1.807, 2.05) is 54.1 Å². The fourth-order valence-corrected chi connectivity index (χ4v) is 2.28. The van der Waals surface area contributed by atoms with Gasteiger partial charge in [0.05, 0.1) is 33.5 Å². The van der Waals surface area contributed by atoms with E-state index in [-0.39, 0.29) is 5.56 Å². The first-order valence-corrected chi connectivity index (χ1v) is 6.85. The van der Waals surface area contributed by atoms with Gasteiger partial charge in [-0.3, -0.25) is 14.0 Å². The van der Waals surface area contributed by atoms with Gasteiger partial charge in [-0.2, -0.15) is 5.10 Å². The highest BCUT2D eigenvalue weighted by Crippen LogP contribution is 2.07. The van der Waals surface area contributed by atoms with Crippen LogP contribution < -0.4 is 5.56 Å². The molecule has 0 radical (unpaired) electrons. The first-order chi connectivity index (χ1) is 8.52. The predicted molar refractivity (Wildman–Crippen MR) is 77.7 cm³/mol. The van der Waals surface area contributed by atoms with Gasteiger partial charge in [0.1, 0.15) is 0 Å².